The third-order valence-electron chi connectivity index (χ3n) is 7.24. The normalized spacial score (nSPS) is 27.7. The molecule has 1 aliphatic heterocycles. The van der Waals surface area contributed by atoms with Gasteiger partial charge in [0.2, 0.25) is 11.8 Å². The number of nitrogens with zero attached hydrogens (tertiary/aromatic N) is 1. The first-order valence-electron chi connectivity index (χ1n) is 10.9. The van der Waals surface area contributed by atoms with Crippen molar-refractivity contribution in [1.82, 2.24) is 4.90 Å². The molecule has 0 spiro atoms. The molecule has 1 N–H and O–H groups in total. The van der Waals surface area contributed by atoms with Crippen molar-refractivity contribution >= 4 is 45.4 Å². The summed E-state index contributed by atoms with van der Waals surface area (Å²) >= 11 is 3.15. The highest BCUT2D eigenvalue weighted by Crippen LogP contribution is 2.56. The van der Waals surface area contributed by atoms with Crippen LogP contribution < -0.4 is 4.74 Å². The minimum Gasteiger partial charge on any atom is -0.507 e. The Labute approximate surface area is 208 Å². The molecule has 1 saturated heterocycles. The van der Waals surface area contributed by atoms with Crippen LogP contribution in [0.3, 0.4) is 0 Å². The predicted octanol–water partition coefficient (Wildman–Crippen LogP) is 2.93. The fourth-order valence-electron chi connectivity index (χ4n) is 5.73. The monoisotopic (exact) mass is 541 g/mol. The summed E-state index contributed by atoms with van der Waals surface area (Å²) in [6.45, 7) is 0. The maximum Gasteiger partial charge on any atom is 0.423 e. The number of ether oxygens (including phenoxy) is 2. The number of benzene rings is 1. The van der Waals surface area contributed by atoms with Gasteiger partial charge in [0, 0.05) is 34.8 Å². The van der Waals surface area contributed by atoms with E-state index in [9.17, 15) is 29.1 Å². The summed E-state index contributed by atoms with van der Waals surface area (Å²) in [4.78, 5) is 65.2. The molecule has 4 atom stereocenters. The van der Waals surface area contributed by atoms with Crippen LogP contribution in [-0.4, -0.2) is 53.7 Å². The number of carbonyl (C=O) groups is 5. The quantitative estimate of drug-likeness (QED) is 0.344. The summed E-state index contributed by atoms with van der Waals surface area (Å²) in [5.41, 5.74) is 1.50. The highest BCUT2D eigenvalue weighted by Gasteiger charge is 2.58. The number of hydrogen-bond donors (Lipinski definition) is 1. The lowest BCUT2D eigenvalue weighted by Crippen LogP contribution is -2.40. The second kappa shape index (κ2) is 8.30. The van der Waals surface area contributed by atoms with Crippen molar-refractivity contribution < 1.29 is 38.6 Å². The van der Waals surface area contributed by atoms with Gasteiger partial charge < -0.3 is 14.6 Å². The SMILES string of the molecule is COC(=O)N1C(=O)C2CC=C3C(c4ccc(OC)cc4O)C4=C(CC3C2C1=O)C(=O)C(Br)=CC4=O. The second-order valence-corrected chi connectivity index (χ2v) is 9.65. The van der Waals surface area contributed by atoms with Gasteiger partial charge >= 0.3 is 6.09 Å². The average Bonchev–Trinajstić information content (AvgIpc) is 3.10. The molecule has 1 fully saturated rings. The zero-order valence-electron chi connectivity index (χ0n) is 18.7. The van der Waals surface area contributed by atoms with Crippen molar-refractivity contribution in [2.24, 2.45) is 17.8 Å². The number of likely N-dealkylation sites (tertiary alicyclic amines) is 1. The minimum absolute atomic E-state index is 0.0529. The Hall–Kier alpha value is -3.53. The Bertz CT molecular complexity index is 1320. The molecule has 1 heterocycles. The first-order chi connectivity index (χ1) is 16.7. The van der Waals surface area contributed by atoms with Crippen molar-refractivity contribution in [3.05, 3.63) is 57.1 Å². The molecule has 0 saturated carbocycles. The lowest BCUT2D eigenvalue weighted by molar-refractivity contribution is -0.137. The van der Waals surface area contributed by atoms with Crippen molar-refractivity contribution in [3.63, 3.8) is 0 Å². The van der Waals surface area contributed by atoms with E-state index < -0.39 is 41.6 Å². The van der Waals surface area contributed by atoms with Crippen LogP contribution in [0, 0.1) is 17.8 Å². The van der Waals surface area contributed by atoms with Crippen molar-refractivity contribution in [2.75, 3.05) is 14.2 Å². The Balaban J connectivity index is 1.69. The molecule has 1 aromatic carbocycles. The van der Waals surface area contributed by atoms with Gasteiger partial charge in [0.05, 0.1) is 30.5 Å². The molecule has 3 amide bonds. The number of phenolic OH excluding ortho intramolecular Hbond substituents is 1. The lowest BCUT2D eigenvalue weighted by atomic mass is 9.59. The molecular formula is C25H20BrNO8. The Kier molecular flexibility index (Phi) is 5.51. The maximum atomic E-state index is 13.3. The van der Waals surface area contributed by atoms with Gasteiger partial charge in [-0.25, -0.2) is 4.79 Å². The van der Waals surface area contributed by atoms with Crippen LogP contribution in [0.1, 0.15) is 24.3 Å². The van der Waals surface area contributed by atoms with E-state index in [0.717, 1.165) is 7.11 Å². The van der Waals surface area contributed by atoms with Gasteiger partial charge in [-0.1, -0.05) is 17.7 Å². The zero-order chi connectivity index (χ0) is 25.2. The highest BCUT2D eigenvalue weighted by molar-refractivity contribution is 9.12. The molecule has 0 bridgehead atoms. The molecule has 35 heavy (non-hydrogen) atoms. The van der Waals surface area contributed by atoms with Gasteiger partial charge in [-0.2, -0.15) is 4.90 Å². The molecule has 0 radical (unpaired) electrons. The smallest absolute Gasteiger partial charge is 0.423 e. The third kappa shape index (κ3) is 3.30. The second-order valence-electron chi connectivity index (χ2n) is 8.80. The predicted molar refractivity (Wildman–Crippen MR) is 123 cm³/mol. The molecule has 4 unspecified atom stereocenters. The Morgan fingerprint density at radius 3 is 2.51 bits per heavy atom. The maximum absolute atomic E-state index is 13.3. The van der Waals surface area contributed by atoms with E-state index in [2.05, 4.69) is 20.7 Å². The molecule has 180 valence electrons. The topological polar surface area (TPSA) is 127 Å². The van der Waals surface area contributed by atoms with E-state index in [-0.39, 0.29) is 45.8 Å². The summed E-state index contributed by atoms with van der Waals surface area (Å²) in [5.74, 6) is -4.93. The van der Waals surface area contributed by atoms with E-state index in [1.807, 2.05) is 0 Å². The number of hydrogen-bond acceptors (Lipinski definition) is 8. The number of allylic oxidation sites excluding steroid dienone is 6. The third-order valence-corrected chi connectivity index (χ3v) is 7.83. The number of halogens is 1. The number of phenols is 1. The van der Waals surface area contributed by atoms with Gasteiger partial charge in [0.25, 0.3) is 0 Å². The summed E-state index contributed by atoms with van der Waals surface area (Å²) in [6, 6.07) is 4.66. The van der Waals surface area contributed by atoms with Crippen LogP contribution in [0.4, 0.5) is 4.79 Å². The number of amides is 3. The average molecular weight is 542 g/mol. The number of imide groups is 3. The van der Waals surface area contributed by atoms with Crippen molar-refractivity contribution in [3.8, 4) is 11.5 Å². The number of Topliss-reactive ketones (excluding diaryl/α,β-unsaturated/α-hetero) is 1. The van der Waals surface area contributed by atoms with Crippen LogP contribution in [0.5, 0.6) is 11.5 Å². The summed E-state index contributed by atoms with van der Waals surface area (Å²) in [7, 11) is 2.54. The molecule has 3 aliphatic carbocycles. The number of ketones is 2. The van der Waals surface area contributed by atoms with Crippen LogP contribution in [0.2, 0.25) is 0 Å². The number of aromatic hydroxyl groups is 1. The van der Waals surface area contributed by atoms with Crippen LogP contribution >= 0.6 is 15.9 Å². The molecule has 9 nitrogen and oxygen atoms in total. The number of fused-ring (bicyclic) bond motifs is 3. The summed E-state index contributed by atoms with van der Waals surface area (Å²) in [5, 5.41) is 10.8. The van der Waals surface area contributed by atoms with Crippen LogP contribution in [0.15, 0.2) is 51.6 Å². The zero-order valence-corrected chi connectivity index (χ0v) is 20.3. The number of methoxy groups -OCH3 is 2. The van der Waals surface area contributed by atoms with Gasteiger partial charge in [-0.05, 0) is 40.8 Å². The lowest BCUT2D eigenvalue weighted by Gasteiger charge is -2.42. The van der Waals surface area contributed by atoms with E-state index in [1.54, 1.807) is 18.2 Å². The van der Waals surface area contributed by atoms with Crippen molar-refractivity contribution in [1.29, 1.82) is 0 Å². The molecule has 0 aromatic heterocycles. The largest absolute Gasteiger partial charge is 0.507 e. The first-order valence-corrected chi connectivity index (χ1v) is 11.7. The number of rotatable bonds is 2. The van der Waals surface area contributed by atoms with E-state index in [1.165, 1.54) is 19.3 Å². The van der Waals surface area contributed by atoms with Gasteiger partial charge in [-0.3, -0.25) is 19.2 Å². The molecule has 5 rings (SSSR count). The standard InChI is InChI=1S/C25H20BrNO8/c1-34-10-3-4-12(17(28)7-10)19-11-5-6-13-20(24(32)27(23(13)31)25(33)35-2)14(11)8-15-21(19)18(29)9-16(26)22(15)30/h3-5,7,9,13-14,19-20,28H,6,8H2,1-2H3. The number of carbonyl (C=O) groups excluding carboxylic acids is 5. The fraction of sp³-hybridized carbons (Fsp3) is 0.320. The Morgan fingerprint density at radius 1 is 1.11 bits per heavy atom. The van der Waals surface area contributed by atoms with Crippen LogP contribution in [0.25, 0.3) is 0 Å². The Morgan fingerprint density at radius 2 is 1.86 bits per heavy atom. The van der Waals surface area contributed by atoms with Crippen molar-refractivity contribution in [2.45, 2.75) is 18.8 Å². The minimum atomic E-state index is -1.05. The van der Waals surface area contributed by atoms with Crippen LogP contribution in [-0.2, 0) is 23.9 Å². The fourth-order valence-corrected chi connectivity index (χ4v) is 6.18. The van der Waals surface area contributed by atoms with Gasteiger partial charge in [0.1, 0.15) is 11.5 Å². The molecule has 10 heteroatoms. The molecule has 4 aliphatic rings. The van der Waals surface area contributed by atoms with Gasteiger partial charge in [-0.15, -0.1) is 0 Å². The first kappa shape index (κ1) is 23.2. The summed E-state index contributed by atoms with van der Waals surface area (Å²) in [6.07, 6.45) is 2.18. The molecular weight excluding hydrogens is 522 g/mol. The van der Waals surface area contributed by atoms with E-state index in [0.29, 0.717) is 21.8 Å². The summed E-state index contributed by atoms with van der Waals surface area (Å²) < 4.78 is 9.91. The van der Waals surface area contributed by atoms with E-state index >= 15 is 0 Å². The van der Waals surface area contributed by atoms with E-state index in [4.69, 9.17) is 4.74 Å². The highest BCUT2D eigenvalue weighted by atomic mass is 79.9. The van der Waals surface area contributed by atoms with Gasteiger partial charge in [0.15, 0.2) is 11.6 Å². The molecule has 1 aromatic rings.